The van der Waals surface area contributed by atoms with Gasteiger partial charge in [-0.2, -0.15) is 10.2 Å². The summed E-state index contributed by atoms with van der Waals surface area (Å²) in [6.45, 7) is 0. The lowest BCUT2D eigenvalue weighted by molar-refractivity contribution is 0.242. The fourth-order valence-corrected chi connectivity index (χ4v) is 2.97. The molecule has 0 atom stereocenters. The molecule has 0 heterocycles. The number of rotatable bonds is 8. The molecular formula is C19H20Cl2N4O5. The molecule has 0 saturated carbocycles. The van der Waals surface area contributed by atoms with E-state index >= 15 is 0 Å². The maximum absolute atomic E-state index is 11.8. The van der Waals surface area contributed by atoms with Crippen molar-refractivity contribution in [3.8, 4) is 23.0 Å². The van der Waals surface area contributed by atoms with Crippen LogP contribution < -0.4 is 29.8 Å². The lowest BCUT2D eigenvalue weighted by Crippen LogP contribution is -2.28. The molecule has 0 spiro atoms. The summed E-state index contributed by atoms with van der Waals surface area (Å²) in [6.07, 6.45) is 2.79. The van der Waals surface area contributed by atoms with Crippen molar-refractivity contribution in [2.24, 2.45) is 10.2 Å². The number of hydrogen-bond donors (Lipinski definition) is 2. The van der Waals surface area contributed by atoms with Gasteiger partial charge in [-0.15, -0.1) is 0 Å². The minimum Gasteiger partial charge on any atom is -0.493 e. The molecule has 0 fully saturated rings. The van der Waals surface area contributed by atoms with E-state index in [2.05, 4.69) is 21.1 Å². The highest BCUT2D eigenvalue weighted by atomic mass is 35.5. The number of nitrogens with zero attached hydrogens (tertiary/aromatic N) is 2. The van der Waals surface area contributed by atoms with Crippen LogP contribution in [0.15, 0.2) is 34.5 Å². The Morgan fingerprint density at radius 2 is 1.17 bits per heavy atom. The van der Waals surface area contributed by atoms with Crippen molar-refractivity contribution in [1.82, 2.24) is 10.9 Å². The number of hydrogen-bond acceptors (Lipinski definition) is 7. The normalized spacial score (nSPS) is 10.9. The molecule has 2 aromatic carbocycles. The molecule has 0 aromatic heterocycles. The minimum absolute atomic E-state index is 0.348. The highest BCUT2D eigenvalue weighted by Crippen LogP contribution is 2.36. The fraction of sp³-hybridized carbons (Fsp3) is 0.211. The largest absolute Gasteiger partial charge is 0.493 e. The lowest BCUT2D eigenvalue weighted by Gasteiger charge is -2.10. The fourth-order valence-electron chi connectivity index (χ4n) is 2.38. The van der Waals surface area contributed by atoms with Gasteiger partial charge < -0.3 is 18.9 Å². The molecule has 0 radical (unpaired) electrons. The monoisotopic (exact) mass is 454 g/mol. The molecule has 2 N–H and O–H groups in total. The van der Waals surface area contributed by atoms with Gasteiger partial charge >= 0.3 is 6.03 Å². The van der Waals surface area contributed by atoms with Crippen LogP contribution >= 0.6 is 23.2 Å². The average molecular weight is 455 g/mol. The Morgan fingerprint density at radius 1 is 0.767 bits per heavy atom. The van der Waals surface area contributed by atoms with Gasteiger partial charge in [0.2, 0.25) is 0 Å². The molecule has 0 bridgehead atoms. The Morgan fingerprint density at radius 3 is 1.50 bits per heavy atom. The van der Waals surface area contributed by atoms with Crippen molar-refractivity contribution in [1.29, 1.82) is 0 Å². The van der Waals surface area contributed by atoms with Crippen LogP contribution in [-0.2, 0) is 0 Å². The topological polar surface area (TPSA) is 103 Å². The number of hydrazone groups is 2. The van der Waals surface area contributed by atoms with Gasteiger partial charge in [-0.05, 0) is 35.4 Å². The number of amides is 2. The van der Waals surface area contributed by atoms with Crippen LogP contribution in [0.5, 0.6) is 23.0 Å². The first-order valence-corrected chi connectivity index (χ1v) is 9.14. The van der Waals surface area contributed by atoms with Gasteiger partial charge in [0.15, 0.2) is 23.0 Å². The van der Waals surface area contributed by atoms with Crippen LogP contribution in [0.3, 0.4) is 0 Å². The minimum atomic E-state index is -0.652. The van der Waals surface area contributed by atoms with Crippen LogP contribution in [0.1, 0.15) is 11.1 Å². The molecule has 0 aliphatic carbocycles. The molecule has 30 heavy (non-hydrogen) atoms. The predicted octanol–water partition coefficient (Wildman–Crippen LogP) is 3.70. The van der Waals surface area contributed by atoms with E-state index in [0.29, 0.717) is 44.2 Å². The second kappa shape index (κ2) is 11.1. The maximum Gasteiger partial charge on any atom is 0.355 e. The van der Waals surface area contributed by atoms with Gasteiger partial charge in [0.1, 0.15) is 0 Å². The molecule has 0 aliphatic heterocycles. The Bertz CT molecular complexity index is 891. The molecule has 2 rings (SSSR count). The smallest absolute Gasteiger partial charge is 0.355 e. The number of benzene rings is 2. The third kappa shape index (κ3) is 5.91. The number of carbonyl (C=O) groups excluding carboxylic acids is 1. The van der Waals surface area contributed by atoms with E-state index in [0.717, 1.165) is 0 Å². The van der Waals surface area contributed by atoms with Crippen LogP contribution in [0.4, 0.5) is 4.79 Å². The number of halogens is 2. The quantitative estimate of drug-likeness (QED) is 0.467. The van der Waals surface area contributed by atoms with Gasteiger partial charge in [-0.3, -0.25) is 0 Å². The van der Waals surface area contributed by atoms with E-state index in [1.54, 1.807) is 24.3 Å². The molecule has 2 aromatic rings. The average Bonchev–Trinajstić information content (AvgIpc) is 2.72. The second-order valence-corrected chi connectivity index (χ2v) is 6.36. The highest BCUT2D eigenvalue weighted by Gasteiger charge is 2.11. The van der Waals surface area contributed by atoms with E-state index in [1.165, 1.54) is 40.9 Å². The summed E-state index contributed by atoms with van der Waals surface area (Å²) in [5, 5.41) is 8.36. The van der Waals surface area contributed by atoms with Gasteiger partial charge in [0.05, 0.1) is 50.9 Å². The van der Waals surface area contributed by atoms with Crippen molar-refractivity contribution < 1.29 is 23.7 Å². The van der Waals surface area contributed by atoms with Crippen molar-refractivity contribution >= 4 is 41.7 Å². The SMILES string of the molecule is COc1cc(C=NNC(=O)N/N=C/c2cc(Cl)c(OC)c(OC)c2)cc(Cl)c1OC. The van der Waals surface area contributed by atoms with Gasteiger partial charge in [0, 0.05) is 0 Å². The zero-order chi connectivity index (χ0) is 22.1. The zero-order valence-corrected chi connectivity index (χ0v) is 18.2. The zero-order valence-electron chi connectivity index (χ0n) is 16.7. The number of nitrogens with one attached hydrogen (secondary N) is 2. The van der Waals surface area contributed by atoms with Crippen LogP contribution in [0.25, 0.3) is 0 Å². The first-order chi connectivity index (χ1) is 14.4. The predicted molar refractivity (Wildman–Crippen MR) is 116 cm³/mol. The molecule has 2 amide bonds. The molecule has 9 nitrogen and oxygen atoms in total. The van der Waals surface area contributed by atoms with Crippen LogP contribution in [0.2, 0.25) is 10.0 Å². The maximum atomic E-state index is 11.8. The third-order valence-corrected chi connectivity index (χ3v) is 4.23. The van der Waals surface area contributed by atoms with Crippen molar-refractivity contribution in [3.05, 3.63) is 45.4 Å². The lowest BCUT2D eigenvalue weighted by atomic mass is 10.2. The summed E-state index contributed by atoms with van der Waals surface area (Å²) in [5.74, 6) is 1.70. The van der Waals surface area contributed by atoms with E-state index in [1.807, 2.05) is 0 Å². The van der Waals surface area contributed by atoms with Crippen molar-refractivity contribution in [3.63, 3.8) is 0 Å². The Balaban J connectivity index is 1.97. The van der Waals surface area contributed by atoms with E-state index in [4.69, 9.17) is 42.1 Å². The summed E-state index contributed by atoms with van der Waals surface area (Å²) in [6, 6.07) is 5.90. The highest BCUT2D eigenvalue weighted by molar-refractivity contribution is 6.33. The number of carbonyl (C=O) groups is 1. The molecule has 0 unspecified atom stereocenters. The second-order valence-electron chi connectivity index (χ2n) is 5.55. The van der Waals surface area contributed by atoms with Crippen molar-refractivity contribution in [2.75, 3.05) is 28.4 Å². The Labute approximate surface area is 183 Å². The summed E-state index contributed by atoms with van der Waals surface area (Å²) in [7, 11) is 5.95. The molecule has 160 valence electrons. The number of methoxy groups -OCH3 is 4. The van der Waals surface area contributed by atoms with Crippen LogP contribution in [-0.4, -0.2) is 46.9 Å². The number of ether oxygens (including phenoxy) is 4. The van der Waals surface area contributed by atoms with Crippen LogP contribution in [0, 0.1) is 0 Å². The molecule has 0 saturated heterocycles. The summed E-state index contributed by atoms with van der Waals surface area (Å²) < 4.78 is 20.7. The summed E-state index contributed by atoms with van der Waals surface area (Å²) in [4.78, 5) is 11.8. The Kier molecular flexibility index (Phi) is 8.57. The van der Waals surface area contributed by atoms with Crippen molar-refractivity contribution in [2.45, 2.75) is 0 Å². The standard InChI is InChI=1S/C19H20Cl2N4O5/c1-27-15-7-11(5-13(20)17(15)29-3)9-22-24-19(26)25-23-10-12-6-14(21)18(30-4)16(8-12)28-2/h5-10H,1-4H3,(H2,24,25,26)/b22-9+,23-10?. The molecule has 11 heteroatoms. The van der Waals surface area contributed by atoms with Gasteiger partial charge in [-0.1, -0.05) is 23.2 Å². The Hall–Kier alpha value is -3.17. The first-order valence-electron chi connectivity index (χ1n) is 8.38. The van der Waals surface area contributed by atoms with E-state index < -0.39 is 6.03 Å². The first kappa shape index (κ1) is 23.1. The molecule has 0 aliphatic rings. The third-order valence-electron chi connectivity index (χ3n) is 3.67. The van der Waals surface area contributed by atoms with E-state index in [-0.39, 0.29) is 0 Å². The van der Waals surface area contributed by atoms with E-state index in [9.17, 15) is 4.79 Å². The van der Waals surface area contributed by atoms with Gasteiger partial charge in [-0.25, -0.2) is 15.6 Å². The summed E-state index contributed by atoms with van der Waals surface area (Å²) in [5.41, 5.74) is 5.75. The molecular weight excluding hydrogens is 435 g/mol. The number of urea groups is 1. The van der Waals surface area contributed by atoms with Gasteiger partial charge in [0.25, 0.3) is 0 Å². The summed E-state index contributed by atoms with van der Waals surface area (Å²) >= 11 is 12.2.